The van der Waals surface area contributed by atoms with E-state index in [1.807, 2.05) is 0 Å². The van der Waals surface area contributed by atoms with E-state index in [0.29, 0.717) is 0 Å². The van der Waals surface area contributed by atoms with Gasteiger partial charge in [0.2, 0.25) is 0 Å². The maximum atomic E-state index is 13.8. The Bertz CT molecular complexity index is 1130. The molecule has 0 aromatic rings. The standard InChI is InChI=1S/C26H31ClO10/c1-10-16(34-12(3)28)9-8-15-17-20(31)25(7,37-14(5)30)19(24(15,17)6)22(35-13(4)29)26(33)11(2)23(32)36-21(26)18(10)27/h8-9,11,15-19,21-22,33H,1H2,2-7H3/b9-8+/t11-,15-,16-,17-,18-,19+,21-,22+,24-,25-,26-/m0/s1. The second-order valence-electron chi connectivity index (χ2n) is 10.8. The van der Waals surface area contributed by atoms with Gasteiger partial charge in [0, 0.05) is 26.7 Å². The van der Waals surface area contributed by atoms with Gasteiger partial charge in [0.05, 0.1) is 17.2 Å². The van der Waals surface area contributed by atoms with E-state index >= 15 is 0 Å². The molecular formula is C26H31ClO10. The maximum absolute atomic E-state index is 13.8. The van der Waals surface area contributed by atoms with Gasteiger partial charge in [-0.1, -0.05) is 19.6 Å². The second kappa shape index (κ2) is 8.66. The molecule has 3 fully saturated rings. The maximum Gasteiger partial charge on any atom is 0.312 e. The molecule has 3 aliphatic carbocycles. The van der Waals surface area contributed by atoms with Crippen molar-refractivity contribution in [1.82, 2.24) is 0 Å². The SMILES string of the molecule is C=C1[C@@H](OC(C)=O)/C=C/[C@H]2[C@H]3C(=O)[C@@](C)(OC(C)=O)[C@H]([C@@H](OC(C)=O)[C@]4(O)[C@@H](C)C(=O)O[C@H]4[C@H]1Cl)[C@]32C. The van der Waals surface area contributed by atoms with E-state index in [-0.39, 0.29) is 5.57 Å². The largest absolute Gasteiger partial charge is 0.459 e. The number of ketones is 1. The van der Waals surface area contributed by atoms with Crippen LogP contribution in [-0.2, 0) is 42.9 Å². The molecule has 11 heteroatoms. The van der Waals surface area contributed by atoms with Gasteiger partial charge in [-0.15, -0.1) is 11.6 Å². The van der Waals surface area contributed by atoms with Crippen molar-refractivity contribution < 1.29 is 48.0 Å². The molecule has 0 aromatic heterocycles. The summed E-state index contributed by atoms with van der Waals surface area (Å²) in [5.74, 6) is -6.82. The zero-order valence-corrected chi connectivity index (χ0v) is 22.2. The van der Waals surface area contributed by atoms with E-state index in [1.165, 1.54) is 20.8 Å². The van der Waals surface area contributed by atoms with Crippen LogP contribution < -0.4 is 0 Å². The number of carbonyl (C=O) groups excluding carboxylic acids is 5. The smallest absolute Gasteiger partial charge is 0.312 e. The molecule has 37 heavy (non-hydrogen) atoms. The van der Waals surface area contributed by atoms with Gasteiger partial charge in [0.1, 0.15) is 12.2 Å². The molecule has 1 aliphatic heterocycles. The van der Waals surface area contributed by atoms with Crippen molar-refractivity contribution in [3.05, 3.63) is 24.3 Å². The van der Waals surface area contributed by atoms with Gasteiger partial charge in [-0.2, -0.15) is 0 Å². The quantitative estimate of drug-likeness (QED) is 0.244. The third-order valence-corrected chi connectivity index (χ3v) is 9.11. The Morgan fingerprint density at radius 3 is 2.19 bits per heavy atom. The zero-order valence-electron chi connectivity index (χ0n) is 21.5. The number of carbonyl (C=O) groups is 5. The summed E-state index contributed by atoms with van der Waals surface area (Å²) in [4.78, 5) is 63.0. The number of halogens is 1. The summed E-state index contributed by atoms with van der Waals surface area (Å²) >= 11 is 6.74. The van der Waals surface area contributed by atoms with Crippen molar-refractivity contribution in [1.29, 1.82) is 0 Å². The molecule has 0 aromatic carbocycles. The number of hydrogen-bond donors (Lipinski definition) is 1. The van der Waals surface area contributed by atoms with Crippen LogP contribution >= 0.6 is 11.6 Å². The van der Waals surface area contributed by atoms with Crippen molar-refractivity contribution in [2.45, 2.75) is 76.4 Å². The topological polar surface area (TPSA) is 143 Å². The highest BCUT2D eigenvalue weighted by Crippen LogP contribution is 2.75. The molecule has 0 bridgehead atoms. The second-order valence-corrected chi connectivity index (χ2v) is 11.3. The van der Waals surface area contributed by atoms with Crippen LogP contribution in [0, 0.1) is 29.1 Å². The molecule has 1 saturated heterocycles. The average Bonchev–Trinajstić information content (AvgIpc) is 3.23. The van der Waals surface area contributed by atoms with Crippen LogP contribution in [-0.4, -0.2) is 69.7 Å². The Balaban J connectivity index is 2.00. The predicted octanol–water partition coefficient (Wildman–Crippen LogP) is 1.65. The normalized spacial score (nSPS) is 47.1. The van der Waals surface area contributed by atoms with Crippen LogP contribution in [0.25, 0.3) is 0 Å². The van der Waals surface area contributed by atoms with Gasteiger partial charge in [-0.25, -0.2) is 0 Å². The summed E-state index contributed by atoms with van der Waals surface area (Å²) in [6.45, 7) is 12.0. The lowest BCUT2D eigenvalue weighted by atomic mass is 9.66. The van der Waals surface area contributed by atoms with E-state index in [9.17, 15) is 29.1 Å². The van der Waals surface area contributed by atoms with E-state index in [2.05, 4.69) is 6.58 Å². The van der Waals surface area contributed by atoms with Crippen LogP contribution in [0.1, 0.15) is 41.5 Å². The van der Waals surface area contributed by atoms with Gasteiger partial charge in [-0.05, 0) is 36.8 Å². The molecule has 0 unspecified atom stereocenters. The van der Waals surface area contributed by atoms with Gasteiger partial charge < -0.3 is 24.1 Å². The molecule has 4 rings (SSSR count). The number of rotatable bonds is 3. The number of hydrogen-bond acceptors (Lipinski definition) is 10. The van der Waals surface area contributed by atoms with Crippen molar-refractivity contribution in [2.75, 3.05) is 0 Å². The number of fused-ring (bicyclic) bond motifs is 2. The molecule has 0 spiro atoms. The lowest BCUT2D eigenvalue weighted by Gasteiger charge is -2.47. The highest BCUT2D eigenvalue weighted by molar-refractivity contribution is 6.23. The van der Waals surface area contributed by atoms with E-state index in [0.717, 1.165) is 13.8 Å². The molecule has 0 amide bonds. The Morgan fingerprint density at radius 2 is 1.65 bits per heavy atom. The Kier molecular flexibility index (Phi) is 6.39. The molecule has 11 atom stereocenters. The third kappa shape index (κ3) is 3.74. The summed E-state index contributed by atoms with van der Waals surface area (Å²) in [5, 5.41) is 11.0. The predicted molar refractivity (Wildman–Crippen MR) is 127 cm³/mol. The Hall–Kier alpha value is -2.72. The zero-order chi connectivity index (χ0) is 27.8. The molecule has 10 nitrogen and oxygen atoms in total. The minimum atomic E-state index is -2.26. The number of allylic oxidation sites excluding steroid dienone is 1. The van der Waals surface area contributed by atoms with Crippen LogP contribution in [0.15, 0.2) is 24.3 Å². The lowest BCUT2D eigenvalue weighted by Crippen LogP contribution is -2.65. The lowest BCUT2D eigenvalue weighted by molar-refractivity contribution is -0.214. The molecule has 0 radical (unpaired) electrons. The Labute approximate surface area is 219 Å². The molecular weight excluding hydrogens is 508 g/mol. The molecule has 4 aliphatic rings. The first-order chi connectivity index (χ1) is 17.0. The van der Waals surface area contributed by atoms with Crippen molar-refractivity contribution in [2.24, 2.45) is 29.1 Å². The van der Waals surface area contributed by atoms with Crippen molar-refractivity contribution in [3.63, 3.8) is 0 Å². The Morgan fingerprint density at radius 1 is 1.05 bits per heavy atom. The molecule has 1 N–H and O–H groups in total. The highest BCUT2D eigenvalue weighted by Gasteiger charge is 2.84. The number of Topliss-reactive ketones (excluding diaryl/α,β-unsaturated/α-hetero) is 1. The van der Waals surface area contributed by atoms with Gasteiger partial charge in [0.15, 0.2) is 23.1 Å². The van der Waals surface area contributed by atoms with Crippen LogP contribution in [0.5, 0.6) is 0 Å². The summed E-state index contributed by atoms with van der Waals surface area (Å²) in [7, 11) is 0. The number of ether oxygens (including phenoxy) is 4. The first-order valence-electron chi connectivity index (χ1n) is 12.0. The number of aliphatic hydroxyl groups is 1. The minimum absolute atomic E-state index is 0.116. The van der Waals surface area contributed by atoms with Gasteiger partial charge in [-0.3, -0.25) is 24.0 Å². The third-order valence-electron chi connectivity index (χ3n) is 8.60. The summed E-state index contributed by atoms with van der Waals surface area (Å²) < 4.78 is 22.3. The van der Waals surface area contributed by atoms with E-state index in [1.54, 1.807) is 19.1 Å². The van der Waals surface area contributed by atoms with Crippen LogP contribution in [0.3, 0.4) is 0 Å². The number of esters is 4. The van der Waals surface area contributed by atoms with Crippen LogP contribution in [0.2, 0.25) is 0 Å². The average molecular weight is 539 g/mol. The summed E-state index contributed by atoms with van der Waals surface area (Å²) in [5.41, 5.74) is -4.90. The van der Waals surface area contributed by atoms with Crippen molar-refractivity contribution in [3.8, 4) is 0 Å². The van der Waals surface area contributed by atoms with Crippen molar-refractivity contribution >= 4 is 41.3 Å². The fourth-order valence-corrected chi connectivity index (χ4v) is 7.25. The fourth-order valence-electron chi connectivity index (χ4n) is 6.87. The monoisotopic (exact) mass is 538 g/mol. The van der Waals surface area contributed by atoms with Crippen LogP contribution in [0.4, 0.5) is 0 Å². The van der Waals surface area contributed by atoms with E-state index < -0.39 is 93.6 Å². The van der Waals surface area contributed by atoms with Gasteiger partial charge in [0.25, 0.3) is 0 Å². The first kappa shape index (κ1) is 27.3. The van der Waals surface area contributed by atoms with E-state index in [4.69, 9.17) is 30.5 Å². The number of alkyl halides is 1. The molecule has 202 valence electrons. The minimum Gasteiger partial charge on any atom is -0.459 e. The fraction of sp³-hybridized carbons (Fsp3) is 0.654. The summed E-state index contributed by atoms with van der Waals surface area (Å²) in [6, 6.07) is 0. The van der Waals surface area contributed by atoms with Gasteiger partial charge >= 0.3 is 23.9 Å². The highest BCUT2D eigenvalue weighted by atomic mass is 35.5. The first-order valence-corrected chi connectivity index (χ1v) is 12.5. The molecule has 2 saturated carbocycles. The molecule has 1 heterocycles. The summed E-state index contributed by atoms with van der Waals surface area (Å²) in [6.07, 6.45) is -0.849.